The Kier molecular flexibility index (Phi) is 2.99. The highest BCUT2D eigenvalue weighted by Gasteiger charge is 1.87. The molecule has 0 aromatic rings. The van der Waals surface area contributed by atoms with E-state index in [0.717, 1.165) is 0 Å². The van der Waals surface area contributed by atoms with Crippen molar-refractivity contribution in [1.82, 2.24) is 0 Å². The van der Waals surface area contributed by atoms with E-state index in [9.17, 15) is 0 Å². The van der Waals surface area contributed by atoms with Gasteiger partial charge in [-0.05, 0) is 13.0 Å². The van der Waals surface area contributed by atoms with Crippen LogP contribution < -0.4 is 0 Å². The molecule has 0 bridgehead atoms. The smallest absolute Gasteiger partial charge is 0.159 e. The first-order chi connectivity index (χ1) is 3.31. The predicted molar refractivity (Wildman–Crippen MR) is 26.4 cm³/mol. The molecule has 0 saturated carbocycles. The van der Waals surface area contributed by atoms with E-state index in [0.29, 0.717) is 0 Å². The van der Waals surface area contributed by atoms with Gasteiger partial charge in [0.15, 0.2) is 6.10 Å². The molecule has 0 aliphatic carbocycles. The molecule has 0 aromatic heterocycles. The number of rotatable bonds is 1. The molecule has 0 rings (SSSR count). The van der Waals surface area contributed by atoms with Crippen molar-refractivity contribution in [1.29, 1.82) is 5.26 Å². The summed E-state index contributed by atoms with van der Waals surface area (Å²) in [6.45, 7) is 1.75. The van der Waals surface area contributed by atoms with Gasteiger partial charge in [0.1, 0.15) is 0 Å². The molecule has 0 saturated heterocycles. The Bertz CT molecular complexity index is 101. The van der Waals surface area contributed by atoms with Crippen LogP contribution in [-0.2, 0) is 0 Å². The fourth-order valence-electron chi connectivity index (χ4n) is 0.225. The molecular weight excluding hydrogens is 90.1 g/mol. The second kappa shape index (κ2) is 3.38. The van der Waals surface area contributed by atoms with Gasteiger partial charge in [-0.2, -0.15) is 5.26 Å². The fourth-order valence-corrected chi connectivity index (χ4v) is 0.225. The minimum absolute atomic E-state index is 0.926. The highest BCUT2D eigenvalue weighted by Crippen LogP contribution is 1.79. The Hall–Kier alpha value is -0.810. The minimum Gasteiger partial charge on any atom is -0.374 e. The van der Waals surface area contributed by atoms with Gasteiger partial charge in [-0.3, -0.25) is 0 Å². The third-order valence-electron chi connectivity index (χ3n) is 0.507. The van der Waals surface area contributed by atoms with Crippen molar-refractivity contribution in [2.45, 2.75) is 13.0 Å². The summed E-state index contributed by atoms with van der Waals surface area (Å²) in [4.78, 5) is 0. The van der Waals surface area contributed by atoms with E-state index >= 15 is 0 Å². The maximum atomic E-state index is 8.41. The first-order valence-electron chi connectivity index (χ1n) is 2.01. The van der Waals surface area contributed by atoms with Crippen molar-refractivity contribution >= 4 is 0 Å². The predicted octanol–water partition coefficient (Wildman–Crippen LogP) is 0.447. The quantitative estimate of drug-likeness (QED) is 0.381. The van der Waals surface area contributed by atoms with E-state index in [1.807, 2.05) is 0 Å². The van der Waals surface area contributed by atoms with Gasteiger partial charge < -0.3 is 5.11 Å². The largest absolute Gasteiger partial charge is 0.374 e. The summed E-state index contributed by atoms with van der Waals surface area (Å²) in [7, 11) is 0. The molecule has 0 unspecified atom stereocenters. The number of hydrogen-bond donors (Lipinski definition) is 1. The summed E-state index contributed by atoms with van der Waals surface area (Å²) in [5, 5.41) is 16.3. The van der Waals surface area contributed by atoms with Gasteiger partial charge in [0, 0.05) is 0 Å². The van der Waals surface area contributed by atoms with Crippen LogP contribution in [0.5, 0.6) is 0 Å². The first-order valence-corrected chi connectivity index (χ1v) is 2.01. The molecule has 2 nitrogen and oxygen atoms in total. The lowest BCUT2D eigenvalue weighted by Gasteiger charge is -1.83. The second-order valence-corrected chi connectivity index (χ2v) is 1.10. The average molecular weight is 97.1 g/mol. The van der Waals surface area contributed by atoms with Crippen molar-refractivity contribution in [3.05, 3.63) is 12.2 Å². The molecule has 1 atom stereocenters. The third-order valence-corrected chi connectivity index (χ3v) is 0.507. The standard InChI is InChI=1S/C5H7NO/c1-2-3-5(7)4-6/h2-3,5,7H,1H3/b3-2-/t5-/m0/s1. The van der Waals surface area contributed by atoms with Crippen LogP contribution in [0.1, 0.15) is 6.92 Å². The number of nitriles is 1. The second-order valence-electron chi connectivity index (χ2n) is 1.10. The molecule has 0 fully saturated rings. The highest BCUT2D eigenvalue weighted by molar-refractivity contribution is 4.98. The molecular formula is C5H7NO. The van der Waals surface area contributed by atoms with E-state index in [4.69, 9.17) is 10.4 Å². The van der Waals surface area contributed by atoms with E-state index in [1.54, 1.807) is 19.1 Å². The monoisotopic (exact) mass is 97.1 g/mol. The van der Waals surface area contributed by atoms with Crippen LogP contribution in [0.25, 0.3) is 0 Å². The first kappa shape index (κ1) is 6.19. The number of aliphatic hydroxyl groups excluding tert-OH is 1. The molecule has 0 aromatic carbocycles. The van der Waals surface area contributed by atoms with Crippen LogP contribution in [0, 0.1) is 11.3 Å². The van der Waals surface area contributed by atoms with Crippen LogP contribution in [0.4, 0.5) is 0 Å². The molecule has 2 heteroatoms. The van der Waals surface area contributed by atoms with Crippen LogP contribution in [0.3, 0.4) is 0 Å². The van der Waals surface area contributed by atoms with Crippen molar-refractivity contribution in [2.24, 2.45) is 0 Å². The molecule has 0 amide bonds. The molecule has 0 spiro atoms. The van der Waals surface area contributed by atoms with Crippen LogP contribution >= 0.6 is 0 Å². The lowest BCUT2D eigenvalue weighted by Crippen LogP contribution is -1.94. The van der Waals surface area contributed by atoms with Crippen molar-refractivity contribution in [3.63, 3.8) is 0 Å². The summed E-state index contributed by atoms with van der Waals surface area (Å²) in [5.74, 6) is 0. The molecule has 1 N–H and O–H groups in total. The molecule has 0 radical (unpaired) electrons. The summed E-state index contributed by atoms with van der Waals surface area (Å²) >= 11 is 0. The SMILES string of the molecule is C/C=C\[C@H](O)C#N. The van der Waals surface area contributed by atoms with Crippen molar-refractivity contribution in [3.8, 4) is 6.07 Å². The van der Waals surface area contributed by atoms with Gasteiger partial charge in [-0.25, -0.2) is 0 Å². The molecule has 0 heterocycles. The summed E-state index contributed by atoms with van der Waals surface area (Å²) in [6.07, 6.45) is 2.12. The molecule has 0 aliphatic rings. The van der Waals surface area contributed by atoms with Gasteiger partial charge in [-0.1, -0.05) is 6.08 Å². The zero-order valence-corrected chi connectivity index (χ0v) is 4.13. The van der Waals surface area contributed by atoms with Gasteiger partial charge in [-0.15, -0.1) is 0 Å². The summed E-state index contributed by atoms with van der Waals surface area (Å²) in [5.41, 5.74) is 0. The molecule has 38 valence electrons. The van der Waals surface area contributed by atoms with Crippen LogP contribution in [0.2, 0.25) is 0 Å². The number of aliphatic hydroxyl groups is 1. The Morgan fingerprint density at radius 2 is 2.43 bits per heavy atom. The number of allylic oxidation sites excluding steroid dienone is 1. The Morgan fingerprint density at radius 1 is 1.86 bits per heavy atom. The molecule has 7 heavy (non-hydrogen) atoms. The van der Waals surface area contributed by atoms with E-state index < -0.39 is 6.10 Å². The molecule has 0 aliphatic heterocycles. The highest BCUT2D eigenvalue weighted by atomic mass is 16.3. The van der Waals surface area contributed by atoms with Gasteiger partial charge in [0.25, 0.3) is 0 Å². The Balaban J connectivity index is 3.42. The van der Waals surface area contributed by atoms with Gasteiger partial charge in [0.2, 0.25) is 0 Å². The maximum absolute atomic E-state index is 8.41. The Morgan fingerprint density at radius 3 is 2.57 bits per heavy atom. The van der Waals surface area contributed by atoms with Crippen molar-refractivity contribution in [2.75, 3.05) is 0 Å². The van der Waals surface area contributed by atoms with Gasteiger partial charge in [0.05, 0.1) is 6.07 Å². The normalized spacial score (nSPS) is 13.9. The van der Waals surface area contributed by atoms with Crippen molar-refractivity contribution < 1.29 is 5.11 Å². The summed E-state index contributed by atoms with van der Waals surface area (Å²) < 4.78 is 0. The number of nitrogens with zero attached hydrogens (tertiary/aromatic N) is 1. The van der Waals surface area contributed by atoms with Crippen LogP contribution in [-0.4, -0.2) is 11.2 Å². The van der Waals surface area contributed by atoms with Crippen LogP contribution in [0.15, 0.2) is 12.2 Å². The fraction of sp³-hybridized carbons (Fsp3) is 0.400. The number of hydrogen-bond acceptors (Lipinski definition) is 2. The zero-order chi connectivity index (χ0) is 5.70. The lowest BCUT2D eigenvalue weighted by molar-refractivity contribution is 0.278. The van der Waals surface area contributed by atoms with E-state index in [1.165, 1.54) is 6.08 Å². The zero-order valence-electron chi connectivity index (χ0n) is 4.13. The minimum atomic E-state index is -0.926. The van der Waals surface area contributed by atoms with E-state index in [2.05, 4.69) is 0 Å². The summed E-state index contributed by atoms with van der Waals surface area (Å²) in [6, 6.07) is 1.63. The maximum Gasteiger partial charge on any atom is 0.159 e. The lowest BCUT2D eigenvalue weighted by atomic mass is 10.4. The third kappa shape index (κ3) is 3.01. The van der Waals surface area contributed by atoms with Gasteiger partial charge >= 0.3 is 0 Å². The Labute approximate surface area is 42.7 Å². The topological polar surface area (TPSA) is 44.0 Å². The van der Waals surface area contributed by atoms with E-state index in [-0.39, 0.29) is 0 Å². The average Bonchev–Trinajstić information content (AvgIpc) is 1.68.